The highest BCUT2D eigenvalue weighted by Crippen LogP contribution is 2.24. The zero-order valence-electron chi connectivity index (χ0n) is 12.3. The fraction of sp³-hybridized carbons (Fsp3) is 0.235. The smallest absolute Gasteiger partial charge is 0.239 e. The first-order chi connectivity index (χ1) is 10.2. The monoisotopic (exact) mass is 284 g/mol. The Morgan fingerprint density at radius 2 is 1.90 bits per heavy atom. The molecule has 0 unspecified atom stereocenters. The van der Waals surface area contributed by atoms with Crippen LogP contribution in [0, 0.1) is 6.92 Å². The Hall–Kier alpha value is -2.49. The van der Waals surface area contributed by atoms with Crippen molar-refractivity contribution in [3.05, 3.63) is 59.7 Å². The molecule has 2 aromatic carbocycles. The number of hydrogen-bond donors (Lipinski definition) is 2. The predicted molar refractivity (Wildman–Crippen MR) is 84.5 cm³/mol. The normalized spacial score (nSPS) is 10.0. The summed E-state index contributed by atoms with van der Waals surface area (Å²) in [7, 11) is 1.62. The van der Waals surface area contributed by atoms with E-state index in [-0.39, 0.29) is 12.5 Å². The number of rotatable bonds is 6. The number of hydrogen-bond acceptors (Lipinski definition) is 3. The molecule has 0 heterocycles. The van der Waals surface area contributed by atoms with E-state index < -0.39 is 0 Å². The number of amides is 1. The van der Waals surface area contributed by atoms with Crippen molar-refractivity contribution in [2.75, 3.05) is 19.0 Å². The van der Waals surface area contributed by atoms with Crippen LogP contribution in [0.3, 0.4) is 0 Å². The lowest BCUT2D eigenvalue weighted by molar-refractivity contribution is -0.119. The van der Waals surface area contributed by atoms with Gasteiger partial charge in [0, 0.05) is 6.54 Å². The molecule has 0 aromatic heterocycles. The van der Waals surface area contributed by atoms with Crippen LogP contribution in [-0.2, 0) is 11.3 Å². The van der Waals surface area contributed by atoms with Crippen LogP contribution >= 0.6 is 0 Å². The number of anilines is 1. The summed E-state index contributed by atoms with van der Waals surface area (Å²) >= 11 is 0. The number of nitrogens with one attached hydrogen (secondary N) is 2. The quantitative estimate of drug-likeness (QED) is 0.857. The van der Waals surface area contributed by atoms with E-state index in [0.29, 0.717) is 6.54 Å². The van der Waals surface area contributed by atoms with E-state index in [1.54, 1.807) is 7.11 Å². The minimum Gasteiger partial charge on any atom is -0.495 e. The molecule has 110 valence electrons. The summed E-state index contributed by atoms with van der Waals surface area (Å²) in [6.45, 7) is 2.75. The molecule has 0 bridgehead atoms. The first-order valence-electron chi connectivity index (χ1n) is 6.88. The Morgan fingerprint density at radius 1 is 1.14 bits per heavy atom. The summed E-state index contributed by atoms with van der Waals surface area (Å²) in [6.07, 6.45) is 0. The topological polar surface area (TPSA) is 50.4 Å². The molecule has 0 aliphatic carbocycles. The summed E-state index contributed by atoms with van der Waals surface area (Å²) in [5, 5.41) is 5.98. The van der Waals surface area contributed by atoms with Crippen molar-refractivity contribution in [3.63, 3.8) is 0 Å². The third-order valence-corrected chi connectivity index (χ3v) is 3.13. The molecule has 0 aliphatic rings. The second kappa shape index (κ2) is 7.33. The second-order valence-electron chi connectivity index (χ2n) is 4.82. The van der Waals surface area contributed by atoms with Crippen LogP contribution in [0.4, 0.5) is 5.69 Å². The second-order valence-corrected chi connectivity index (χ2v) is 4.82. The van der Waals surface area contributed by atoms with Gasteiger partial charge in [-0.05, 0) is 30.2 Å². The molecule has 0 fully saturated rings. The van der Waals surface area contributed by atoms with Crippen molar-refractivity contribution in [1.29, 1.82) is 0 Å². The molecular weight excluding hydrogens is 264 g/mol. The first-order valence-corrected chi connectivity index (χ1v) is 6.88. The lowest BCUT2D eigenvalue weighted by atomic mass is 10.2. The molecule has 4 heteroatoms. The summed E-state index contributed by atoms with van der Waals surface area (Å²) in [5.74, 6) is 0.680. The Kier molecular flexibility index (Phi) is 5.21. The van der Waals surface area contributed by atoms with Crippen LogP contribution in [0.25, 0.3) is 0 Å². The molecule has 21 heavy (non-hydrogen) atoms. The molecule has 4 nitrogen and oxygen atoms in total. The van der Waals surface area contributed by atoms with Gasteiger partial charge < -0.3 is 15.4 Å². The van der Waals surface area contributed by atoms with Gasteiger partial charge in [-0.3, -0.25) is 4.79 Å². The van der Waals surface area contributed by atoms with Gasteiger partial charge in [0.15, 0.2) is 0 Å². The zero-order valence-corrected chi connectivity index (χ0v) is 12.3. The van der Waals surface area contributed by atoms with Crippen LogP contribution in [0.1, 0.15) is 11.1 Å². The highest BCUT2D eigenvalue weighted by Gasteiger charge is 2.05. The van der Waals surface area contributed by atoms with E-state index in [1.165, 1.54) is 0 Å². The molecule has 1 amide bonds. The van der Waals surface area contributed by atoms with Crippen LogP contribution in [-0.4, -0.2) is 19.6 Å². The fourth-order valence-corrected chi connectivity index (χ4v) is 1.99. The first kappa shape index (κ1) is 14.9. The van der Waals surface area contributed by atoms with Crippen molar-refractivity contribution in [2.45, 2.75) is 13.5 Å². The van der Waals surface area contributed by atoms with Gasteiger partial charge in [0.2, 0.25) is 5.91 Å². The van der Waals surface area contributed by atoms with Crippen molar-refractivity contribution in [2.24, 2.45) is 0 Å². The van der Waals surface area contributed by atoms with E-state index in [2.05, 4.69) is 10.6 Å². The van der Waals surface area contributed by atoms with Gasteiger partial charge in [-0.25, -0.2) is 0 Å². The maximum atomic E-state index is 11.9. The van der Waals surface area contributed by atoms with E-state index in [9.17, 15) is 4.79 Å². The van der Waals surface area contributed by atoms with Crippen LogP contribution in [0.5, 0.6) is 5.75 Å². The number of carbonyl (C=O) groups is 1. The van der Waals surface area contributed by atoms with Gasteiger partial charge in [-0.2, -0.15) is 0 Å². The molecule has 0 radical (unpaired) electrons. The molecular formula is C17H20N2O2. The predicted octanol–water partition coefficient (Wildman–Crippen LogP) is 2.73. The highest BCUT2D eigenvalue weighted by molar-refractivity contribution is 5.81. The summed E-state index contributed by atoms with van der Waals surface area (Å²) in [6, 6.07) is 15.7. The van der Waals surface area contributed by atoms with Crippen molar-refractivity contribution >= 4 is 11.6 Å². The summed E-state index contributed by atoms with van der Waals surface area (Å²) in [5.41, 5.74) is 3.02. The standard InChI is InChI=1S/C17H20N2O2/c1-13-8-9-16(21-2)15(10-13)18-12-17(20)19-11-14-6-4-3-5-7-14/h3-10,18H,11-12H2,1-2H3,(H,19,20). The largest absolute Gasteiger partial charge is 0.495 e. The minimum absolute atomic E-state index is 0.0533. The van der Waals surface area contributed by atoms with E-state index >= 15 is 0 Å². The summed E-state index contributed by atoms with van der Waals surface area (Å²) < 4.78 is 5.27. The van der Waals surface area contributed by atoms with Gasteiger partial charge in [-0.15, -0.1) is 0 Å². The van der Waals surface area contributed by atoms with E-state index in [1.807, 2.05) is 55.5 Å². The van der Waals surface area contributed by atoms with Crippen molar-refractivity contribution in [1.82, 2.24) is 5.32 Å². The molecule has 0 saturated carbocycles. The zero-order chi connectivity index (χ0) is 15.1. The average molecular weight is 284 g/mol. The van der Waals surface area contributed by atoms with Crippen LogP contribution < -0.4 is 15.4 Å². The maximum Gasteiger partial charge on any atom is 0.239 e. The number of ether oxygens (including phenoxy) is 1. The number of aryl methyl sites for hydroxylation is 1. The van der Waals surface area contributed by atoms with Crippen LogP contribution in [0.2, 0.25) is 0 Å². The molecule has 2 rings (SSSR count). The Labute approximate surface area is 125 Å². The van der Waals surface area contributed by atoms with Gasteiger partial charge >= 0.3 is 0 Å². The van der Waals surface area contributed by atoms with Crippen molar-refractivity contribution in [3.8, 4) is 5.75 Å². The molecule has 2 aromatic rings. The molecule has 0 saturated heterocycles. The minimum atomic E-state index is -0.0533. The van der Waals surface area contributed by atoms with Gasteiger partial charge in [0.25, 0.3) is 0 Å². The lowest BCUT2D eigenvalue weighted by Crippen LogP contribution is -2.29. The van der Waals surface area contributed by atoms with Gasteiger partial charge in [0.1, 0.15) is 5.75 Å². The number of benzene rings is 2. The molecule has 0 spiro atoms. The molecule has 0 aliphatic heterocycles. The van der Waals surface area contributed by atoms with Gasteiger partial charge in [-0.1, -0.05) is 36.4 Å². The SMILES string of the molecule is COc1ccc(C)cc1NCC(=O)NCc1ccccc1. The van der Waals surface area contributed by atoms with E-state index in [0.717, 1.165) is 22.6 Å². The summed E-state index contributed by atoms with van der Waals surface area (Å²) in [4.78, 5) is 11.9. The fourth-order valence-electron chi connectivity index (χ4n) is 1.99. The number of methoxy groups -OCH3 is 1. The van der Waals surface area contributed by atoms with Crippen molar-refractivity contribution < 1.29 is 9.53 Å². The number of carbonyl (C=O) groups excluding carboxylic acids is 1. The Balaban J connectivity index is 1.85. The molecule has 0 atom stereocenters. The maximum absolute atomic E-state index is 11.9. The Bertz CT molecular complexity index is 597. The van der Waals surface area contributed by atoms with Gasteiger partial charge in [0.05, 0.1) is 19.3 Å². The van der Waals surface area contributed by atoms with E-state index in [4.69, 9.17) is 4.74 Å². The average Bonchev–Trinajstić information content (AvgIpc) is 2.52. The molecule has 2 N–H and O–H groups in total. The highest BCUT2D eigenvalue weighted by atomic mass is 16.5. The Morgan fingerprint density at radius 3 is 2.62 bits per heavy atom. The lowest BCUT2D eigenvalue weighted by Gasteiger charge is -2.12. The van der Waals surface area contributed by atoms with Crippen LogP contribution in [0.15, 0.2) is 48.5 Å². The third-order valence-electron chi connectivity index (χ3n) is 3.13. The third kappa shape index (κ3) is 4.53.